The van der Waals surface area contributed by atoms with E-state index in [1.165, 1.54) is 19.5 Å². The second-order valence-electron chi connectivity index (χ2n) is 6.73. The van der Waals surface area contributed by atoms with Gasteiger partial charge in [-0.2, -0.15) is 0 Å². The van der Waals surface area contributed by atoms with Crippen LogP contribution in [0.4, 0.5) is 15.9 Å². The van der Waals surface area contributed by atoms with Crippen molar-refractivity contribution in [2.24, 2.45) is 5.73 Å². The molecule has 1 unspecified atom stereocenters. The Morgan fingerprint density at radius 2 is 2.07 bits per heavy atom. The molecule has 1 atom stereocenters. The molecule has 9 heteroatoms. The fraction of sp³-hybridized carbons (Fsp3) is 0.286. The van der Waals surface area contributed by atoms with Crippen molar-refractivity contribution in [2.75, 3.05) is 12.4 Å². The van der Waals surface area contributed by atoms with Crippen LogP contribution in [0.15, 0.2) is 30.6 Å². The Morgan fingerprint density at radius 3 is 2.73 bits per heavy atom. The summed E-state index contributed by atoms with van der Waals surface area (Å²) in [5.74, 6) is -0.175. The number of nitrogens with one attached hydrogen (secondary N) is 1. The second-order valence-corrected chi connectivity index (χ2v) is 6.73. The third kappa shape index (κ3) is 4.19. The van der Waals surface area contributed by atoms with Crippen LogP contribution in [0, 0.1) is 12.7 Å². The van der Waals surface area contributed by atoms with Gasteiger partial charge in [0.05, 0.1) is 18.3 Å². The van der Waals surface area contributed by atoms with Gasteiger partial charge in [0.25, 0.3) is 5.91 Å². The first-order valence-corrected chi connectivity index (χ1v) is 9.39. The number of amides is 1. The molecule has 4 N–H and O–H groups in total. The number of phenols is 1. The molecule has 0 bridgehead atoms. The topological polar surface area (TPSA) is 120 Å². The number of carbonyl (C=O) groups excluding carboxylic acids is 1. The summed E-state index contributed by atoms with van der Waals surface area (Å²) in [6, 6.07) is 5.69. The molecule has 0 saturated carbocycles. The van der Waals surface area contributed by atoms with Crippen molar-refractivity contribution in [3.63, 3.8) is 0 Å². The van der Waals surface area contributed by atoms with E-state index in [1.807, 2.05) is 6.92 Å². The highest BCUT2D eigenvalue weighted by atomic mass is 19.1. The lowest BCUT2D eigenvalue weighted by Gasteiger charge is -2.18. The van der Waals surface area contributed by atoms with Gasteiger partial charge >= 0.3 is 0 Å². The van der Waals surface area contributed by atoms with Crippen molar-refractivity contribution in [2.45, 2.75) is 32.8 Å². The van der Waals surface area contributed by atoms with Crippen molar-refractivity contribution in [3.05, 3.63) is 42.0 Å². The van der Waals surface area contributed by atoms with E-state index >= 15 is 0 Å². The molecule has 0 aliphatic rings. The minimum Gasteiger partial charge on any atom is -0.508 e. The number of phenolic OH excluding ortho intramolecular Hbond substituents is 1. The monoisotopic (exact) mass is 414 g/mol. The van der Waals surface area contributed by atoms with E-state index in [9.17, 15) is 14.3 Å². The Morgan fingerprint density at radius 1 is 1.30 bits per heavy atom. The summed E-state index contributed by atoms with van der Waals surface area (Å²) in [5.41, 5.74) is 6.36. The Balaban J connectivity index is 2.05. The van der Waals surface area contributed by atoms with Crippen molar-refractivity contribution in [1.82, 2.24) is 9.97 Å². The van der Waals surface area contributed by atoms with Crippen LogP contribution in [0.5, 0.6) is 17.2 Å². The molecule has 0 saturated heterocycles. The summed E-state index contributed by atoms with van der Waals surface area (Å²) in [4.78, 5) is 20.1. The van der Waals surface area contributed by atoms with E-state index in [4.69, 9.17) is 15.2 Å². The summed E-state index contributed by atoms with van der Waals surface area (Å²) in [7, 11) is 1.46. The smallest absolute Gasteiger partial charge is 0.258 e. The minimum atomic E-state index is -0.801. The van der Waals surface area contributed by atoms with Gasteiger partial charge in [-0.1, -0.05) is 13.3 Å². The summed E-state index contributed by atoms with van der Waals surface area (Å²) < 4.78 is 25.5. The number of carbonyl (C=O) groups is 1. The van der Waals surface area contributed by atoms with Gasteiger partial charge in [0, 0.05) is 17.0 Å². The van der Waals surface area contributed by atoms with Crippen molar-refractivity contribution >= 4 is 28.3 Å². The molecular formula is C21H23FN4O4. The first kappa shape index (κ1) is 21.1. The number of hydrogen-bond donors (Lipinski definition) is 3. The van der Waals surface area contributed by atoms with E-state index < -0.39 is 17.8 Å². The number of nitrogens with zero attached hydrogens (tertiary/aromatic N) is 2. The number of aromatic hydroxyl groups is 1. The molecule has 158 valence electrons. The molecule has 1 aromatic heterocycles. The summed E-state index contributed by atoms with van der Waals surface area (Å²) in [6.07, 6.45) is 1.69. The molecule has 8 nitrogen and oxygen atoms in total. The van der Waals surface area contributed by atoms with E-state index in [1.54, 1.807) is 19.1 Å². The third-order valence-electron chi connectivity index (χ3n) is 4.69. The van der Waals surface area contributed by atoms with Gasteiger partial charge in [-0.25, -0.2) is 14.4 Å². The number of aromatic nitrogens is 2. The number of methoxy groups -OCH3 is 1. The Bertz CT molecular complexity index is 1090. The summed E-state index contributed by atoms with van der Waals surface area (Å²) in [6.45, 7) is 3.51. The predicted octanol–water partition coefficient (Wildman–Crippen LogP) is 3.57. The highest BCUT2D eigenvalue weighted by molar-refractivity contribution is 5.93. The number of benzene rings is 2. The average molecular weight is 414 g/mol. The zero-order valence-electron chi connectivity index (χ0n) is 16.9. The Hall–Kier alpha value is -3.62. The predicted molar refractivity (Wildman–Crippen MR) is 111 cm³/mol. The number of nitrogens with two attached hydrogens (primary N) is 1. The van der Waals surface area contributed by atoms with Crippen molar-refractivity contribution in [1.29, 1.82) is 0 Å². The van der Waals surface area contributed by atoms with Crippen molar-refractivity contribution in [3.8, 4) is 17.2 Å². The first-order valence-electron chi connectivity index (χ1n) is 9.39. The fourth-order valence-corrected chi connectivity index (χ4v) is 3.03. The van der Waals surface area contributed by atoms with Gasteiger partial charge in [0.1, 0.15) is 23.7 Å². The fourth-order valence-electron chi connectivity index (χ4n) is 3.03. The second kappa shape index (κ2) is 8.81. The van der Waals surface area contributed by atoms with Crippen LogP contribution >= 0.6 is 0 Å². The molecule has 0 spiro atoms. The highest BCUT2D eigenvalue weighted by Crippen LogP contribution is 2.37. The van der Waals surface area contributed by atoms with E-state index in [0.29, 0.717) is 46.6 Å². The molecule has 0 radical (unpaired) electrons. The average Bonchev–Trinajstić information content (AvgIpc) is 2.73. The van der Waals surface area contributed by atoms with Gasteiger partial charge in [-0.05, 0) is 31.5 Å². The van der Waals surface area contributed by atoms with Crippen LogP contribution in [-0.4, -0.2) is 34.2 Å². The molecule has 1 heterocycles. The molecule has 1 amide bonds. The molecule has 30 heavy (non-hydrogen) atoms. The summed E-state index contributed by atoms with van der Waals surface area (Å²) >= 11 is 0. The zero-order chi connectivity index (χ0) is 21.8. The lowest BCUT2D eigenvalue weighted by molar-refractivity contribution is -0.125. The maximum absolute atomic E-state index is 14.3. The quantitative estimate of drug-likeness (QED) is 0.515. The van der Waals surface area contributed by atoms with Crippen LogP contribution in [0.25, 0.3) is 10.9 Å². The largest absolute Gasteiger partial charge is 0.508 e. The van der Waals surface area contributed by atoms with E-state index in [-0.39, 0.29) is 11.4 Å². The number of fused-ring (bicyclic) bond motifs is 1. The van der Waals surface area contributed by atoms with E-state index in [0.717, 1.165) is 6.07 Å². The van der Waals surface area contributed by atoms with Gasteiger partial charge in [0.2, 0.25) is 0 Å². The lowest BCUT2D eigenvalue weighted by Crippen LogP contribution is -2.33. The molecule has 0 aliphatic carbocycles. The number of primary amides is 1. The zero-order valence-corrected chi connectivity index (χ0v) is 16.9. The number of ether oxygens (including phenoxy) is 2. The SMILES string of the molecule is CCCC(Oc1cc2ncnc(Nc3c(F)ccc(O)c3C)c2cc1OC)C(N)=O. The molecule has 0 fully saturated rings. The van der Waals surface area contributed by atoms with Gasteiger partial charge in [-0.15, -0.1) is 0 Å². The molecular weight excluding hydrogens is 391 g/mol. The normalized spacial score (nSPS) is 11.9. The van der Waals surface area contributed by atoms with Crippen LogP contribution in [0.1, 0.15) is 25.3 Å². The third-order valence-corrected chi connectivity index (χ3v) is 4.69. The summed E-state index contributed by atoms with van der Waals surface area (Å²) in [5, 5.41) is 13.3. The van der Waals surface area contributed by atoms with Gasteiger partial charge in [-0.3, -0.25) is 4.79 Å². The first-order chi connectivity index (χ1) is 14.3. The van der Waals surface area contributed by atoms with Crippen LogP contribution < -0.4 is 20.5 Å². The maximum atomic E-state index is 14.3. The van der Waals surface area contributed by atoms with Crippen LogP contribution in [0.3, 0.4) is 0 Å². The lowest BCUT2D eigenvalue weighted by atomic mass is 10.1. The maximum Gasteiger partial charge on any atom is 0.258 e. The number of anilines is 2. The molecule has 0 aliphatic heterocycles. The standard InChI is InChI=1S/C21H23FN4O4/c1-4-5-16(20(23)28)30-18-9-14-12(8-17(18)29-3)21(25-10-24-14)26-19-11(2)15(27)7-6-13(19)22/h6-10,16,27H,4-5H2,1-3H3,(H2,23,28)(H,24,25,26). The van der Waals surface area contributed by atoms with Crippen LogP contribution in [-0.2, 0) is 4.79 Å². The van der Waals surface area contributed by atoms with Crippen molar-refractivity contribution < 1.29 is 23.8 Å². The highest BCUT2D eigenvalue weighted by Gasteiger charge is 2.20. The molecule has 3 rings (SSSR count). The van der Waals surface area contributed by atoms with Gasteiger partial charge < -0.3 is 25.6 Å². The van der Waals surface area contributed by atoms with Gasteiger partial charge in [0.15, 0.2) is 17.6 Å². The van der Waals surface area contributed by atoms with Crippen LogP contribution in [0.2, 0.25) is 0 Å². The Labute approximate surface area is 172 Å². The number of rotatable bonds is 8. The van der Waals surface area contributed by atoms with E-state index in [2.05, 4.69) is 15.3 Å². The molecule has 3 aromatic rings. The minimum absolute atomic E-state index is 0.0426. The Kier molecular flexibility index (Phi) is 6.20. The molecule has 2 aromatic carbocycles. The number of hydrogen-bond acceptors (Lipinski definition) is 7. The number of halogens is 1.